The summed E-state index contributed by atoms with van der Waals surface area (Å²) >= 11 is 17.7. The minimum absolute atomic E-state index is 0.0694. The van der Waals surface area contributed by atoms with E-state index in [9.17, 15) is 14.9 Å². The second-order valence-corrected chi connectivity index (χ2v) is 8.01. The van der Waals surface area contributed by atoms with Gasteiger partial charge >= 0.3 is 11.8 Å². The largest absolute Gasteiger partial charge is 0.490 e. The standard InChI is InChI=1S/C15H18Cl3N3O6/c1-25-12-5-4-9(7-11(12)21(23)24)19-13(15(16,17)18)20-14(22)27-8-10-3-2-6-26-10/h4-5,7,10,13,19H,2-3,6,8H2,1H3,(H,20,22)/t10-,13+/m0/s1. The number of hydrogen-bond donors (Lipinski definition) is 2. The molecule has 1 aliphatic rings. The molecule has 1 aliphatic heterocycles. The summed E-state index contributed by atoms with van der Waals surface area (Å²) < 4.78 is 13.4. The maximum absolute atomic E-state index is 12.0. The van der Waals surface area contributed by atoms with E-state index in [0.29, 0.717) is 6.61 Å². The molecule has 2 N–H and O–H groups in total. The molecule has 1 saturated heterocycles. The number of methoxy groups -OCH3 is 1. The van der Waals surface area contributed by atoms with Crippen LogP contribution in [-0.4, -0.2) is 47.4 Å². The second kappa shape index (κ2) is 9.50. The van der Waals surface area contributed by atoms with E-state index in [2.05, 4.69) is 10.6 Å². The van der Waals surface area contributed by atoms with Crippen molar-refractivity contribution < 1.29 is 23.9 Å². The molecule has 1 heterocycles. The van der Waals surface area contributed by atoms with E-state index in [1.54, 1.807) is 0 Å². The molecule has 0 unspecified atom stereocenters. The highest BCUT2D eigenvalue weighted by Gasteiger charge is 2.35. The van der Waals surface area contributed by atoms with Gasteiger partial charge in [0.2, 0.25) is 3.79 Å². The zero-order valence-electron chi connectivity index (χ0n) is 14.2. The Kier molecular flexibility index (Phi) is 7.60. The van der Waals surface area contributed by atoms with Gasteiger partial charge < -0.3 is 19.5 Å². The molecule has 1 amide bonds. The van der Waals surface area contributed by atoms with Gasteiger partial charge in [0.15, 0.2) is 5.75 Å². The third-order valence-electron chi connectivity index (χ3n) is 3.70. The van der Waals surface area contributed by atoms with Crippen LogP contribution in [0.15, 0.2) is 18.2 Å². The number of nitro benzene ring substituents is 1. The van der Waals surface area contributed by atoms with Crippen LogP contribution in [0.3, 0.4) is 0 Å². The fourth-order valence-electron chi connectivity index (χ4n) is 2.39. The van der Waals surface area contributed by atoms with Gasteiger partial charge in [0.1, 0.15) is 12.8 Å². The lowest BCUT2D eigenvalue weighted by Crippen LogP contribution is -2.49. The van der Waals surface area contributed by atoms with E-state index in [-0.39, 0.29) is 29.8 Å². The summed E-state index contributed by atoms with van der Waals surface area (Å²) in [6.45, 7) is 0.705. The highest BCUT2D eigenvalue weighted by atomic mass is 35.6. The Morgan fingerprint density at radius 2 is 2.22 bits per heavy atom. The van der Waals surface area contributed by atoms with Crippen LogP contribution in [0, 0.1) is 10.1 Å². The van der Waals surface area contributed by atoms with Crippen molar-refractivity contribution in [1.29, 1.82) is 0 Å². The van der Waals surface area contributed by atoms with Crippen LogP contribution < -0.4 is 15.4 Å². The Morgan fingerprint density at radius 1 is 1.48 bits per heavy atom. The number of carbonyl (C=O) groups is 1. The average molecular weight is 443 g/mol. The van der Waals surface area contributed by atoms with E-state index < -0.39 is 21.0 Å². The maximum atomic E-state index is 12.0. The summed E-state index contributed by atoms with van der Waals surface area (Å²) in [5, 5.41) is 16.2. The summed E-state index contributed by atoms with van der Waals surface area (Å²) in [7, 11) is 1.31. The first-order chi connectivity index (χ1) is 12.7. The number of nitrogens with one attached hydrogen (secondary N) is 2. The summed E-state index contributed by atoms with van der Waals surface area (Å²) in [5.41, 5.74) is -0.0511. The highest BCUT2D eigenvalue weighted by molar-refractivity contribution is 6.68. The van der Waals surface area contributed by atoms with Gasteiger partial charge in [0.25, 0.3) is 0 Å². The molecule has 27 heavy (non-hydrogen) atoms. The van der Waals surface area contributed by atoms with E-state index in [0.717, 1.165) is 12.8 Å². The van der Waals surface area contributed by atoms with Gasteiger partial charge in [0, 0.05) is 18.4 Å². The Bertz CT molecular complexity index is 679. The van der Waals surface area contributed by atoms with Gasteiger partial charge in [-0.15, -0.1) is 0 Å². The number of anilines is 1. The number of benzene rings is 1. The van der Waals surface area contributed by atoms with Crippen molar-refractivity contribution in [2.24, 2.45) is 0 Å². The second-order valence-electron chi connectivity index (χ2n) is 5.64. The number of alkyl carbamates (subject to hydrolysis) is 1. The summed E-state index contributed by atoms with van der Waals surface area (Å²) in [6, 6.07) is 4.06. The molecule has 150 valence electrons. The van der Waals surface area contributed by atoms with Crippen molar-refractivity contribution in [3.8, 4) is 5.75 Å². The van der Waals surface area contributed by atoms with Gasteiger partial charge in [-0.25, -0.2) is 4.79 Å². The van der Waals surface area contributed by atoms with E-state index in [1.807, 2.05) is 0 Å². The minimum Gasteiger partial charge on any atom is -0.490 e. The van der Waals surface area contributed by atoms with Crippen LogP contribution in [-0.2, 0) is 9.47 Å². The Labute approximate surface area is 170 Å². The molecule has 0 bridgehead atoms. The molecule has 2 atom stereocenters. The van der Waals surface area contributed by atoms with E-state index in [1.165, 1.54) is 25.3 Å². The number of carbonyl (C=O) groups excluding carboxylic acids is 1. The number of ether oxygens (including phenoxy) is 3. The molecule has 12 heteroatoms. The van der Waals surface area contributed by atoms with Crippen LogP contribution in [0.25, 0.3) is 0 Å². The monoisotopic (exact) mass is 441 g/mol. The Balaban J connectivity index is 2.04. The molecule has 0 aromatic heterocycles. The van der Waals surface area contributed by atoms with Crippen molar-refractivity contribution in [2.75, 3.05) is 25.6 Å². The number of nitro groups is 1. The Morgan fingerprint density at radius 3 is 2.78 bits per heavy atom. The van der Waals surface area contributed by atoms with Gasteiger partial charge in [-0.05, 0) is 25.0 Å². The van der Waals surface area contributed by atoms with E-state index in [4.69, 9.17) is 49.0 Å². The number of amides is 1. The molecule has 0 aliphatic carbocycles. The zero-order valence-corrected chi connectivity index (χ0v) is 16.5. The van der Waals surface area contributed by atoms with Crippen LogP contribution >= 0.6 is 34.8 Å². The number of rotatable bonds is 7. The number of hydrogen-bond acceptors (Lipinski definition) is 7. The molecule has 0 saturated carbocycles. The number of halogens is 3. The molecule has 1 aromatic rings. The average Bonchev–Trinajstić information content (AvgIpc) is 3.12. The zero-order chi connectivity index (χ0) is 20.0. The van der Waals surface area contributed by atoms with Crippen molar-refractivity contribution >= 4 is 52.3 Å². The third-order valence-corrected chi connectivity index (χ3v) is 4.36. The fourth-order valence-corrected chi connectivity index (χ4v) is 2.72. The molecule has 0 radical (unpaired) electrons. The van der Waals surface area contributed by atoms with Gasteiger partial charge in [-0.1, -0.05) is 34.8 Å². The SMILES string of the molecule is COc1ccc(N[C@H](NC(=O)OC[C@@H]2CCCO2)C(Cl)(Cl)Cl)cc1[N+](=O)[O-]. The molecule has 1 aromatic carbocycles. The lowest BCUT2D eigenvalue weighted by molar-refractivity contribution is -0.385. The van der Waals surface area contributed by atoms with Crippen molar-refractivity contribution in [2.45, 2.75) is 28.9 Å². The van der Waals surface area contributed by atoms with Crippen LogP contribution in [0.1, 0.15) is 12.8 Å². The maximum Gasteiger partial charge on any atom is 0.408 e. The van der Waals surface area contributed by atoms with Gasteiger partial charge in [-0.3, -0.25) is 15.4 Å². The first-order valence-electron chi connectivity index (χ1n) is 7.91. The number of alkyl halides is 3. The first-order valence-corrected chi connectivity index (χ1v) is 9.04. The summed E-state index contributed by atoms with van der Waals surface area (Å²) in [4.78, 5) is 22.5. The van der Waals surface area contributed by atoms with Crippen molar-refractivity contribution in [3.63, 3.8) is 0 Å². The fraction of sp³-hybridized carbons (Fsp3) is 0.533. The predicted molar refractivity (Wildman–Crippen MR) is 101 cm³/mol. The molecular formula is C15H18Cl3N3O6. The van der Waals surface area contributed by atoms with Gasteiger partial charge in [-0.2, -0.15) is 0 Å². The molecule has 2 rings (SSSR count). The Hall–Kier alpha value is -1.68. The number of nitrogens with zero attached hydrogens (tertiary/aromatic N) is 1. The van der Waals surface area contributed by atoms with Crippen LogP contribution in [0.4, 0.5) is 16.2 Å². The highest BCUT2D eigenvalue weighted by Crippen LogP contribution is 2.34. The normalized spacial score (nSPS) is 17.9. The lowest BCUT2D eigenvalue weighted by atomic mass is 10.2. The molecular weight excluding hydrogens is 425 g/mol. The quantitative estimate of drug-likeness (QED) is 0.287. The van der Waals surface area contributed by atoms with Crippen molar-refractivity contribution in [3.05, 3.63) is 28.3 Å². The molecule has 1 fully saturated rings. The van der Waals surface area contributed by atoms with Crippen LogP contribution in [0.2, 0.25) is 0 Å². The lowest BCUT2D eigenvalue weighted by Gasteiger charge is -2.27. The molecule has 9 nitrogen and oxygen atoms in total. The first kappa shape index (κ1) is 21.6. The van der Waals surface area contributed by atoms with E-state index >= 15 is 0 Å². The summed E-state index contributed by atoms with van der Waals surface area (Å²) in [5.74, 6) is 0.0694. The van der Waals surface area contributed by atoms with Crippen molar-refractivity contribution in [1.82, 2.24) is 5.32 Å². The topological polar surface area (TPSA) is 112 Å². The minimum atomic E-state index is -1.96. The summed E-state index contributed by atoms with van der Waals surface area (Å²) in [6.07, 6.45) is -0.483. The third kappa shape index (κ3) is 6.46. The van der Waals surface area contributed by atoms with Gasteiger partial charge in [0.05, 0.1) is 18.1 Å². The molecule has 0 spiro atoms. The van der Waals surface area contributed by atoms with Crippen LogP contribution in [0.5, 0.6) is 5.75 Å². The smallest absolute Gasteiger partial charge is 0.408 e. The predicted octanol–water partition coefficient (Wildman–Crippen LogP) is 3.62.